The maximum atomic E-state index is 6.32. The van der Waals surface area contributed by atoms with E-state index in [0.29, 0.717) is 6.04 Å². The molecule has 20 heavy (non-hydrogen) atoms. The minimum absolute atomic E-state index is 0.235. The zero-order valence-electron chi connectivity index (χ0n) is 12.5. The van der Waals surface area contributed by atoms with Gasteiger partial charge in [0.15, 0.2) is 0 Å². The first-order chi connectivity index (χ1) is 9.72. The van der Waals surface area contributed by atoms with Gasteiger partial charge in [-0.1, -0.05) is 30.7 Å². The lowest BCUT2D eigenvalue weighted by atomic mass is 9.88. The molecule has 1 aromatic carbocycles. The van der Waals surface area contributed by atoms with E-state index in [1.165, 1.54) is 43.4 Å². The van der Waals surface area contributed by atoms with Crippen molar-refractivity contribution in [1.82, 2.24) is 4.90 Å². The van der Waals surface area contributed by atoms with Gasteiger partial charge in [0.2, 0.25) is 0 Å². The van der Waals surface area contributed by atoms with Gasteiger partial charge in [-0.15, -0.1) is 0 Å². The van der Waals surface area contributed by atoms with Crippen molar-refractivity contribution >= 4 is 0 Å². The number of rotatable bonds is 3. The second-order valence-electron chi connectivity index (χ2n) is 7.36. The molecule has 5 atom stereocenters. The molecule has 3 aliphatic rings. The van der Waals surface area contributed by atoms with Crippen LogP contribution in [0.15, 0.2) is 24.3 Å². The standard InChI is InChI=1S/C18H26N2/c1-20(11-14-9-12-6-7-13(14)8-12)18-10-17(19)15-4-2-3-5-16(15)18/h2-5,12-14,17-18H,6-11,19H2,1H3. The van der Waals surface area contributed by atoms with E-state index >= 15 is 0 Å². The quantitative estimate of drug-likeness (QED) is 0.911. The highest BCUT2D eigenvalue weighted by atomic mass is 15.1. The van der Waals surface area contributed by atoms with Crippen molar-refractivity contribution < 1.29 is 0 Å². The lowest BCUT2D eigenvalue weighted by molar-refractivity contribution is 0.169. The maximum Gasteiger partial charge on any atom is 0.0366 e. The monoisotopic (exact) mass is 270 g/mol. The van der Waals surface area contributed by atoms with Crippen LogP contribution < -0.4 is 5.73 Å². The van der Waals surface area contributed by atoms with E-state index < -0.39 is 0 Å². The minimum Gasteiger partial charge on any atom is -0.324 e. The first-order valence-electron chi connectivity index (χ1n) is 8.27. The normalized spacial score (nSPS) is 38.6. The van der Waals surface area contributed by atoms with Crippen molar-refractivity contribution in [3.63, 3.8) is 0 Å². The molecule has 0 saturated heterocycles. The fourth-order valence-electron chi connectivity index (χ4n) is 5.16. The van der Waals surface area contributed by atoms with Crippen LogP contribution in [-0.2, 0) is 0 Å². The number of nitrogens with zero attached hydrogens (tertiary/aromatic N) is 1. The van der Waals surface area contributed by atoms with Crippen molar-refractivity contribution in [2.75, 3.05) is 13.6 Å². The van der Waals surface area contributed by atoms with Crippen LogP contribution in [0.3, 0.4) is 0 Å². The Balaban J connectivity index is 1.48. The van der Waals surface area contributed by atoms with E-state index in [-0.39, 0.29) is 6.04 Å². The highest BCUT2D eigenvalue weighted by Gasteiger charge is 2.41. The third-order valence-corrected chi connectivity index (χ3v) is 6.17. The lowest BCUT2D eigenvalue weighted by Gasteiger charge is -2.31. The largest absolute Gasteiger partial charge is 0.324 e. The number of benzene rings is 1. The third-order valence-electron chi connectivity index (χ3n) is 6.17. The predicted octanol–water partition coefficient (Wildman–Crippen LogP) is 3.50. The van der Waals surface area contributed by atoms with Crippen molar-refractivity contribution in [3.8, 4) is 0 Å². The summed E-state index contributed by atoms with van der Waals surface area (Å²) in [5.74, 6) is 3.02. The lowest BCUT2D eigenvalue weighted by Crippen LogP contribution is -2.31. The van der Waals surface area contributed by atoms with Crippen LogP contribution in [0.2, 0.25) is 0 Å². The highest BCUT2D eigenvalue weighted by molar-refractivity contribution is 5.37. The van der Waals surface area contributed by atoms with Gasteiger partial charge in [-0.2, -0.15) is 0 Å². The van der Waals surface area contributed by atoms with Crippen LogP contribution >= 0.6 is 0 Å². The highest BCUT2D eigenvalue weighted by Crippen LogP contribution is 2.49. The van der Waals surface area contributed by atoms with Crippen molar-refractivity contribution in [2.45, 2.75) is 44.2 Å². The molecule has 2 bridgehead atoms. The Hall–Kier alpha value is -0.860. The number of nitrogens with two attached hydrogens (primary N) is 1. The summed E-state index contributed by atoms with van der Waals surface area (Å²) < 4.78 is 0. The van der Waals surface area contributed by atoms with Gasteiger partial charge >= 0.3 is 0 Å². The maximum absolute atomic E-state index is 6.32. The molecule has 3 aliphatic carbocycles. The van der Waals surface area contributed by atoms with Crippen molar-refractivity contribution in [1.29, 1.82) is 0 Å². The van der Waals surface area contributed by atoms with Gasteiger partial charge in [0.05, 0.1) is 0 Å². The van der Waals surface area contributed by atoms with Gasteiger partial charge in [0.1, 0.15) is 0 Å². The Morgan fingerprint density at radius 2 is 1.90 bits per heavy atom. The van der Waals surface area contributed by atoms with Crippen molar-refractivity contribution in [3.05, 3.63) is 35.4 Å². The zero-order valence-corrected chi connectivity index (χ0v) is 12.5. The van der Waals surface area contributed by atoms with E-state index in [9.17, 15) is 0 Å². The second-order valence-corrected chi connectivity index (χ2v) is 7.36. The summed E-state index contributed by atoms with van der Waals surface area (Å²) in [4.78, 5) is 2.59. The minimum atomic E-state index is 0.235. The van der Waals surface area contributed by atoms with Gasteiger partial charge in [-0.05, 0) is 61.6 Å². The number of fused-ring (bicyclic) bond motifs is 3. The predicted molar refractivity (Wildman–Crippen MR) is 82.3 cm³/mol. The second kappa shape index (κ2) is 4.85. The molecule has 5 unspecified atom stereocenters. The first-order valence-corrected chi connectivity index (χ1v) is 8.27. The van der Waals surface area contributed by atoms with Crippen LogP contribution in [0.1, 0.15) is 55.3 Å². The molecule has 2 fully saturated rings. The van der Waals surface area contributed by atoms with Crippen LogP contribution in [0, 0.1) is 17.8 Å². The molecule has 0 aliphatic heterocycles. The first kappa shape index (κ1) is 12.8. The molecule has 2 saturated carbocycles. The van der Waals surface area contributed by atoms with E-state index in [4.69, 9.17) is 5.73 Å². The smallest absolute Gasteiger partial charge is 0.0366 e. The van der Waals surface area contributed by atoms with E-state index in [1.807, 2.05) is 0 Å². The Kier molecular flexibility index (Phi) is 3.12. The summed E-state index contributed by atoms with van der Waals surface area (Å²) in [7, 11) is 2.31. The molecule has 0 heterocycles. The molecule has 0 spiro atoms. The molecule has 0 radical (unpaired) electrons. The van der Waals surface area contributed by atoms with Gasteiger partial charge < -0.3 is 5.73 Å². The summed E-state index contributed by atoms with van der Waals surface area (Å²) in [6.07, 6.45) is 7.08. The molecule has 0 aromatic heterocycles. The summed E-state index contributed by atoms with van der Waals surface area (Å²) in [6, 6.07) is 9.56. The fraction of sp³-hybridized carbons (Fsp3) is 0.667. The van der Waals surface area contributed by atoms with E-state index in [2.05, 4.69) is 36.2 Å². The molecule has 4 rings (SSSR count). The van der Waals surface area contributed by atoms with Crippen molar-refractivity contribution in [2.24, 2.45) is 23.5 Å². The molecule has 2 heteroatoms. The summed E-state index contributed by atoms with van der Waals surface area (Å²) in [5, 5.41) is 0. The zero-order chi connectivity index (χ0) is 13.7. The molecule has 2 N–H and O–H groups in total. The number of hydrogen-bond donors (Lipinski definition) is 1. The molecule has 2 nitrogen and oxygen atoms in total. The molecule has 1 aromatic rings. The van der Waals surface area contributed by atoms with Crippen LogP contribution in [0.25, 0.3) is 0 Å². The van der Waals surface area contributed by atoms with Gasteiger partial charge in [-0.3, -0.25) is 4.90 Å². The average Bonchev–Trinajstić information content (AvgIpc) is 3.14. The van der Waals surface area contributed by atoms with Crippen LogP contribution in [-0.4, -0.2) is 18.5 Å². The Bertz CT molecular complexity index is 498. The van der Waals surface area contributed by atoms with Gasteiger partial charge in [0, 0.05) is 18.6 Å². The van der Waals surface area contributed by atoms with Gasteiger partial charge in [0.25, 0.3) is 0 Å². The van der Waals surface area contributed by atoms with Crippen LogP contribution in [0.5, 0.6) is 0 Å². The Morgan fingerprint density at radius 3 is 2.60 bits per heavy atom. The Morgan fingerprint density at radius 1 is 1.10 bits per heavy atom. The average molecular weight is 270 g/mol. The van der Waals surface area contributed by atoms with Gasteiger partial charge in [-0.25, -0.2) is 0 Å². The summed E-state index contributed by atoms with van der Waals surface area (Å²) in [6.45, 7) is 1.27. The topological polar surface area (TPSA) is 29.3 Å². The molecule has 0 amide bonds. The Labute approximate surface area is 122 Å². The summed E-state index contributed by atoms with van der Waals surface area (Å²) >= 11 is 0. The molecule has 108 valence electrons. The molecular formula is C18H26N2. The third kappa shape index (κ3) is 2.01. The summed E-state index contributed by atoms with van der Waals surface area (Å²) in [5.41, 5.74) is 9.17. The van der Waals surface area contributed by atoms with Crippen LogP contribution in [0.4, 0.5) is 0 Å². The van der Waals surface area contributed by atoms with E-state index in [0.717, 1.165) is 24.2 Å². The SMILES string of the molecule is CN(CC1CC2CCC1C2)C1CC(N)c2ccccc21. The van der Waals surface area contributed by atoms with E-state index in [1.54, 1.807) is 0 Å². The molecular weight excluding hydrogens is 244 g/mol. The number of hydrogen-bond acceptors (Lipinski definition) is 2. The fourth-order valence-corrected chi connectivity index (χ4v) is 5.16.